The van der Waals surface area contributed by atoms with Crippen molar-refractivity contribution in [3.05, 3.63) is 16.4 Å². The van der Waals surface area contributed by atoms with Crippen molar-refractivity contribution in [1.29, 1.82) is 0 Å². The SMILES string of the molecule is CCc1nn(CC)c(CNC(C)CCN(C)C)c1Cl. The summed E-state index contributed by atoms with van der Waals surface area (Å²) in [4.78, 5) is 2.21. The van der Waals surface area contributed by atoms with E-state index in [9.17, 15) is 0 Å². The first-order chi connectivity index (χ1) is 8.99. The average molecular weight is 287 g/mol. The van der Waals surface area contributed by atoms with Crippen LogP contribution in [0.2, 0.25) is 5.02 Å². The Balaban J connectivity index is 2.59. The van der Waals surface area contributed by atoms with Crippen LogP contribution < -0.4 is 5.32 Å². The third-order valence-corrected chi connectivity index (χ3v) is 3.76. The summed E-state index contributed by atoms with van der Waals surface area (Å²) in [6.45, 7) is 9.14. The molecule has 4 nitrogen and oxygen atoms in total. The van der Waals surface area contributed by atoms with E-state index >= 15 is 0 Å². The molecule has 0 saturated carbocycles. The quantitative estimate of drug-likeness (QED) is 0.797. The molecule has 0 aliphatic heterocycles. The molecule has 19 heavy (non-hydrogen) atoms. The molecule has 0 fully saturated rings. The molecule has 0 bridgehead atoms. The molecule has 0 aliphatic rings. The van der Waals surface area contributed by atoms with Gasteiger partial charge in [-0.3, -0.25) is 4.68 Å². The summed E-state index contributed by atoms with van der Waals surface area (Å²) in [6, 6.07) is 0.476. The van der Waals surface area contributed by atoms with Crippen LogP contribution in [0.1, 0.15) is 38.6 Å². The molecule has 1 aromatic rings. The molecule has 0 spiro atoms. The molecule has 1 aromatic heterocycles. The third-order valence-electron chi connectivity index (χ3n) is 3.32. The van der Waals surface area contributed by atoms with E-state index in [1.54, 1.807) is 0 Å². The first-order valence-corrected chi connectivity index (χ1v) is 7.49. The number of rotatable bonds is 8. The van der Waals surface area contributed by atoms with E-state index in [1.165, 1.54) is 0 Å². The van der Waals surface area contributed by atoms with Crippen LogP contribution in [0, 0.1) is 0 Å². The Labute approximate surface area is 122 Å². The lowest BCUT2D eigenvalue weighted by Crippen LogP contribution is -2.30. The maximum Gasteiger partial charge on any atom is 0.0863 e. The van der Waals surface area contributed by atoms with E-state index in [2.05, 4.69) is 50.2 Å². The minimum absolute atomic E-state index is 0.476. The molecule has 0 aromatic carbocycles. The maximum atomic E-state index is 6.39. The molecule has 1 atom stereocenters. The molecule has 0 radical (unpaired) electrons. The van der Waals surface area contributed by atoms with Crippen LogP contribution in [0.5, 0.6) is 0 Å². The second-order valence-corrected chi connectivity index (χ2v) is 5.63. The Hall–Kier alpha value is -0.580. The second-order valence-electron chi connectivity index (χ2n) is 5.25. The third kappa shape index (κ3) is 4.79. The monoisotopic (exact) mass is 286 g/mol. The zero-order valence-electron chi connectivity index (χ0n) is 12.8. The first-order valence-electron chi connectivity index (χ1n) is 7.11. The number of aryl methyl sites for hydroxylation is 2. The van der Waals surface area contributed by atoms with Gasteiger partial charge in [0.25, 0.3) is 0 Å². The van der Waals surface area contributed by atoms with Gasteiger partial charge in [0.1, 0.15) is 0 Å². The molecule has 110 valence electrons. The smallest absolute Gasteiger partial charge is 0.0863 e. The van der Waals surface area contributed by atoms with Crippen LogP contribution in [0.15, 0.2) is 0 Å². The maximum absolute atomic E-state index is 6.39. The number of nitrogens with one attached hydrogen (secondary N) is 1. The van der Waals surface area contributed by atoms with Gasteiger partial charge in [-0.25, -0.2) is 0 Å². The minimum atomic E-state index is 0.476. The van der Waals surface area contributed by atoms with Crippen LogP contribution in [-0.4, -0.2) is 41.4 Å². The van der Waals surface area contributed by atoms with Gasteiger partial charge >= 0.3 is 0 Å². The zero-order valence-corrected chi connectivity index (χ0v) is 13.6. The number of aromatic nitrogens is 2. The molecular weight excluding hydrogens is 260 g/mol. The van der Waals surface area contributed by atoms with Gasteiger partial charge in [0.15, 0.2) is 0 Å². The lowest BCUT2D eigenvalue weighted by atomic mass is 10.2. The molecule has 1 N–H and O–H groups in total. The van der Waals surface area contributed by atoms with E-state index in [1.807, 2.05) is 4.68 Å². The summed E-state index contributed by atoms with van der Waals surface area (Å²) in [5.74, 6) is 0. The summed E-state index contributed by atoms with van der Waals surface area (Å²) >= 11 is 6.39. The normalized spacial score (nSPS) is 13.2. The molecule has 0 saturated heterocycles. The van der Waals surface area contributed by atoms with E-state index in [0.717, 1.165) is 48.9 Å². The van der Waals surface area contributed by atoms with Crippen molar-refractivity contribution in [2.24, 2.45) is 0 Å². The van der Waals surface area contributed by atoms with Crippen LogP contribution in [0.25, 0.3) is 0 Å². The summed E-state index contributed by atoms with van der Waals surface area (Å²) in [5, 5.41) is 8.90. The Kier molecular flexibility index (Phi) is 6.83. The summed E-state index contributed by atoms with van der Waals surface area (Å²) in [6.07, 6.45) is 2.01. The van der Waals surface area contributed by atoms with Crippen molar-refractivity contribution in [3.63, 3.8) is 0 Å². The van der Waals surface area contributed by atoms with Crippen molar-refractivity contribution in [3.8, 4) is 0 Å². The summed E-state index contributed by atoms with van der Waals surface area (Å²) in [7, 11) is 4.20. The highest BCUT2D eigenvalue weighted by atomic mass is 35.5. The van der Waals surface area contributed by atoms with Gasteiger partial charge in [-0.1, -0.05) is 18.5 Å². The van der Waals surface area contributed by atoms with Crippen LogP contribution in [-0.2, 0) is 19.5 Å². The predicted octanol–water partition coefficient (Wildman–Crippen LogP) is 2.55. The average Bonchev–Trinajstić information content (AvgIpc) is 2.69. The van der Waals surface area contributed by atoms with Crippen molar-refractivity contribution < 1.29 is 0 Å². The van der Waals surface area contributed by atoms with E-state index in [-0.39, 0.29) is 0 Å². The Morgan fingerprint density at radius 3 is 2.58 bits per heavy atom. The van der Waals surface area contributed by atoms with Crippen molar-refractivity contribution in [2.75, 3.05) is 20.6 Å². The van der Waals surface area contributed by atoms with Crippen molar-refractivity contribution in [1.82, 2.24) is 20.0 Å². The summed E-state index contributed by atoms with van der Waals surface area (Å²) < 4.78 is 2.01. The molecular formula is C14H27ClN4. The van der Waals surface area contributed by atoms with E-state index in [0.29, 0.717) is 6.04 Å². The molecule has 0 amide bonds. The highest BCUT2D eigenvalue weighted by Crippen LogP contribution is 2.21. The number of hydrogen-bond donors (Lipinski definition) is 1. The fraction of sp³-hybridized carbons (Fsp3) is 0.786. The standard InChI is InChI=1S/C14H27ClN4/c1-6-12-14(15)13(19(7-2)17-12)10-16-11(3)8-9-18(4)5/h11,16H,6-10H2,1-5H3. The van der Waals surface area contributed by atoms with E-state index in [4.69, 9.17) is 11.6 Å². The largest absolute Gasteiger partial charge is 0.309 e. The predicted molar refractivity (Wildman–Crippen MR) is 81.8 cm³/mol. The van der Waals surface area contributed by atoms with Crippen molar-refractivity contribution >= 4 is 11.6 Å². The Morgan fingerprint density at radius 2 is 2.05 bits per heavy atom. The van der Waals surface area contributed by atoms with Gasteiger partial charge in [0.2, 0.25) is 0 Å². The zero-order chi connectivity index (χ0) is 14.4. The van der Waals surface area contributed by atoms with Crippen LogP contribution in [0.4, 0.5) is 0 Å². The second kappa shape index (κ2) is 7.88. The van der Waals surface area contributed by atoms with Crippen LogP contribution in [0.3, 0.4) is 0 Å². The molecule has 1 heterocycles. The van der Waals surface area contributed by atoms with E-state index < -0.39 is 0 Å². The van der Waals surface area contributed by atoms with Gasteiger partial charge in [0, 0.05) is 19.1 Å². The van der Waals surface area contributed by atoms with Gasteiger partial charge in [-0.2, -0.15) is 5.10 Å². The molecule has 0 aliphatic carbocycles. The number of halogens is 1. The first kappa shape index (κ1) is 16.5. The highest BCUT2D eigenvalue weighted by Gasteiger charge is 2.14. The van der Waals surface area contributed by atoms with Crippen LogP contribution >= 0.6 is 11.6 Å². The van der Waals surface area contributed by atoms with Gasteiger partial charge in [0.05, 0.1) is 16.4 Å². The van der Waals surface area contributed by atoms with Gasteiger partial charge in [-0.05, 0) is 47.3 Å². The lowest BCUT2D eigenvalue weighted by molar-refractivity contribution is 0.364. The number of nitrogens with zero attached hydrogens (tertiary/aromatic N) is 3. The fourth-order valence-electron chi connectivity index (χ4n) is 2.01. The Bertz CT molecular complexity index is 387. The minimum Gasteiger partial charge on any atom is -0.309 e. The van der Waals surface area contributed by atoms with Gasteiger partial charge in [-0.15, -0.1) is 0 Å². The number of hydrogen-bond acceptors (Lipinski definition) is 3. The molecule has 1 unspecified atom stereocenters. The highest BCUT2D eigenvalue weighted by molar-refractivity contribution is 6.31. The molecule has 1 rings (SSSR count). The van der Waals surface area contributed by atoms with Crippen molar-refractivity contribution in [2.45, 2.75) is 52.7 Å². The summed E-state index contributed by atoms with van der Waals surface area (Å²) in [5.41, 5.74) is 2.11. The van der Waals surface area contributed by atoms with Gasteiger partial charge < -0.3 is 10.2 Å². The lowest BCUT2D eigenvalue weighted by Gasteiger charge is -2.17. The molecule has 5 heteroatoms. The topological polar surface area (TPSA) is 33.1 Å². The fourth-order valence-corrected chi connectivity index (χ4v) is 2.35. The Morgan fingerprint density at radius 1 is 1.37 bits per heavy atom.